The van der Waals surface area contributed by atoms with Gasteiger partial charge in [-0.25, -0.2) is 17.7 Å². The molecule has 1 aromatic carbocycles. The molecule has 0 spiro atoms. The Labute approximate surface area is 151 Å². The summed E-state index contributed by atoms with van der Waals surface area (Å²) in [4.78, 5) is 3.24. The van der Waals surface area contributed by atoms with E-state index in [1.807, 2.05) is 0 Å². The van der Waals surface area contributed by atoms with Crippen LogP contribution in [0, 0.1) is 21.9 Å². The van der Waals surface area contributed by atoms with Crippen LogP contribution in [0.4, 0.5) is 17.6 Å². The fraction of sp³-hybridized carbons (Fsp3) is 0.200. The summed E-state index contributed by atoms with van der Waals surface area (Å²) in [5, 5.41) is 8.48. The second kappa shape index (κ2) is 7.19. The lowest BCUT2D eigenvalue weighted by Gasteiger charge is -2.31. The summed E-state index contributed by atoms with van der Waals surface area (Å²) >= 11 is 5.50. The number of rotatable bonds is 4. The van der Waals surface area contributed by atoms with Gasteiger partial charge in [-0.3, -0.25) is 4.98 Å². The van der Waals surface area contributed by atoms with Crippen molar-refractivity contribution in [1.82, 2.24) is 9.29 Å². The van der Waals surface area contributed by atoms with Crippen molar-refractivity contribution in [1.29, 1.82) is 10.0 Å². The number of nitrogens with zero attached hydrogens (tertiary/aromatic N) is 3. The third-order valence-corrected chi connectivity index (χ3v) is 5.69. The summed E-state index contributed by atoms with van der Waals surface area (Å²) in [5.74, 6) is -1.07. The second-order valence-electron chi connectivity index (χ2n) is 5.21. The molecular weight excluding hydrogens is 396 g/mol. The highest BCUT2D eigenvalue weighted by molar-refractivity contribution is 7.90. The van der Waals surface area contributed by atoms with Gasteiger partial charge in [-0.1, -0.05) is 17.7 Å². The van der Waals surface area contributed by atoms with Crippen LogP contribution >= 0.6 is 11.6 Å². The van der Waals surface area contributed by atoms with Crippen molar-refractivity contribution >= 4 is 21.5 Å². The molecule has 0 fully saturated rings. The van der Waals surface area contributed by atoms with E-state index < -0.39 is 33.5 Å². The van der Waals surface area contributed by atoms with E-state index in [9.17, 15) is 21.8 Å². The molecule has 0 saturated carbocycles. The Kier molecular flexibility index (Phi) is 5.55. The number of hydrogen-bond donors (Lipinski definition) is 1. The molecule has 1 heterocycles. The van der Waals surface area contributed by atoms with E-state index in [2.05, 4.69) is 4.98 Å². The van der Waals surface area contributed by atoms with Gasteiger partial charge in [-0.2, -0.15) is 18.4 Å². The molecule has 5 nitrogen and oxygen atoms in total. The van der Waals surface area contributed by atoms with Crippen LogP contribution in [-0.2, 0) is 9.92 Å². The first-order valence-corrected chi connectivity index (χ1v) is 8.76. The third-order valence-electron chi connectivity index (χ3n) is 3.50. The van der Waals surface area contributed by atoms with Gasteiger partial charge in [0.2, 0.25) is 0 Å². The number of nitrogens with one attached hydrogen (secondary N) is 1. The predicted molar refractivity (Wildman–Crippen MR) is 86.0 cm³/mol. The highest BCUT2D eigenvalue weighted by Crippen LogP contribution is 2.40. The number of nitriles is 1. The average Bonchev–Trinajstić information content (AvgIpc) is 2.57. The summed E-state index contributed by atoms with van der Waals surface area (Å²) in [6.45, 7) is 0. The van der Waals surface area contributed by atoms with Gasteiger partial charge in [0.1, 0.15) is 27.8 Å². The minimum Gasteiger partial charge on any atom is -0.262 e. The molecule has 0 bridgehead atoms. The molecule has 2 rings (SSSR count). The van der Waals surface area contributed by atoms with Crippen LogP contribution in [0.15, 0.2) is 41.6 Å². The van der Waals surface area contributed by atoms with Crippen LogP contribution in [-0.4, -0.2) is 26.7 Å². The highest BCUT2D eigenvalue weighted by atomic mass is 35.5. The van der Waals surface area contributed by atoms with Crippen LogP contribution < -0.4 is 0 Å². The van der Waals surface area contributed by atoms with Gasteiger partial charge in [-0.05, 0) is 23.8 Å². The van der Waals surface area contributed by atoms with Crippen LogP contribution in [0.2, 0.25) is 5.02 Å². The molecule has 2 aromatic rings. The molecule has 1 N–H and O–H groups in total. The quantitative estimate of drug-likeness (QED) is 0.768. The largest absolute Gasteiger partial charge is 0.409 e. The highest BCUT2D eigenvalue weighted by Gasteiger charge is 2.47. The Morgan fingerprint density at radius 1 is 1.35 bits per heavy atom. The van der Waals surface area contributed by atoms with E-state index in [1.54, 1.807) is 6.07 Å². The van der Waals surface area contributed by atoms with Gasteiger partial charge in [0, 0.05) is 19.4 Å². The molecule has 2 atom stereocenters. The van der Waals surface area contributed by atoms with Crippen molar-refractivity contribution in [2.24, 2.45) is 0 Å². The number of alkyl halides is 3. The summed E-state index contributed by atoms with van der Waals surface area (Å²) in [5.41, 5.74) is -0.622. The Hall–Kier alpha value is -2.22. The van der Waals surface area contributed by atoms with Crippen molar-refractivity contribution in [3.05, 3.63) is 58.6 Å². The van der Waals surface area contributed by atoms with Gasteiger partial charge in [0.25, 0.3) is 0 Å². The number of pyridine rings is 1. The second-order valence-corrected chi connectivity index (χ2v) is 7.72. The van der Waals surface area contributed by atoms with Crippen LogP contribution in [0.3, 0.4) is 0 Å². The minimum atomic E-state index is -4.96. The molecule has 0 aliphatic carbocycles. The van der Waals surface area contributed by atoms with Gasteiger partial charge in [0.05, 0.1) is 15.5 Å². The number of aromatic nitrogens is 1. The maximum Gasteiger partial charge on any atom is 0.409 e. The first-order valence-electron chi connectivity index (χ1n) is 6.87. The molecule has 0 saturated heterocycles. The number of hydrogen-bond acceptors (Lipinski definition) is 4. The molecule has 0 aliphatic heterocycles. The van der Waals surface area contributed by atoms with Crippen molar-refractivity contribution in [2.45, 2.75) is 17.1 Å². The Morgan fingerprint density at radius 2 is 2.00 bits per heavy atom. The maximum absolute atomic E-state index is 13.6. The van der Waals surface area contributed by atoms with Gasteiger partial charge in [0.15, 0.2) is 0 Å². The minimum absolute atomic E-state index is 0.0584. The fourth-order valence-corrected chi connectivity index (χ4v) is 3.71. The van der Waals surface area contributed by atoms with Gasteiger partial charge < -0.3 is 0 Å². The summed E-state index contributed by atoms with van der Waals surface area (Å²) in [6.07, 6.45) is -2.89. The Bertz CT molecular complexity index is 972. The molecule has 0 aliphatic rings. The first-order chi connectivity index (χ1) is 12.0. The Morgan fingerprint density at radius 3 is 2.54 bits per heavy atom. The lowest BCUT2D eigenvalue weighted by Crippen LogP contribution is -2.39. The molecule has 26 heavy (non-hydrogen) atoms. The van der Waals surface area contributed by atoms with Gasteiger partial charge >= 0.3 is 6.18 Å². The SMILES string of the molecule is CN([C@H](c1ccc(Cl)c(F)c1)C(F)(F)F)[S@](=N)(=O)c1cncc(C#N)c1. The fourth-order valence-electron chi connectivity index (χ4n) is 2.23. The van der Waals surface area contributed by atoms with Crippen molar-refractivity contribution < 1.29 is 21.8 Å². The zero-order valence-corrected chi connectivity index (χ0v) is 14.7. The lowest BCUT2D eigenvalue weighted by atomic mass is 10.1. The molecule has 138 valence electrons. The van der Waals surface area contributed by atoms with Crippen LogP contribution in [0.1, 0.15) is 17.2 Å². The molecule has 1 aromatic heterocycles. The first kappa shape index (κ1) is 20.1. The van der Waals surface area contributed by atoms with E-state index in [0.717, 1.165) is 37.6 Å². The zero-order valence-electron chi connectivity index (χ0n) is 13.1. The van der Waals surface area contributed by atoms with Crippen LogP contribution in [0.25, 0.3) is 0 Å². The summed E-state index contributed by atoms with van der Waals surface area (Å²) in [6, 6.07) is 2.66. The predicted octanol–water partition coefficient (Wildman–Crippen LogP) is 4.30. The summed E-state index contributed by atoms with van der Waals surface area (Å²) < 4.78 is 75.5. The normalized spacial score (nSPS) is 15.3. The zero-order chi connectivity index (χ0) is 19.7. The third kappa shape index (κ3) is 3.95. The van der Waals surface area contributed by atoms with Gasteiger partial charge in [-0.15, -0.1) is 0 Å². The smallest absolute Gasteiger partial charge is 0.262 e. The number of benzene rings is 1. The molecular formula is C15H11ClF4N4OS. The molecule has 0 unspecified atom stereocenters. The topological polar surface area (TPSA) is 80.8 Å². The van der Waals surface area contributed by atoms with E-state index >= 15 is 0 Å². The maximum atomic E-state index is 13.6. The van der Waals surface area contributed by atoms with E-state index in [0.29, 0.717) is 6.07 Å². The molecule has 11 heteroatoms. The summed E-state index contributed by atoms with van der Waals surface area (Å²) in [7, 11) is -3.35. The molecule has 0 amide bonds. The van der Waals surface area contributed by atoms with Crippen molar-refractivity contribution in [3.63, 3.8) is 0 Å². The van der Waals surface area contributed by atoms with E-state index in [1.165, 1.54) is 0 Å². The van der Waals surface area contributed by atoms with Crippen molar-refractivity contribution in [3.8, 4) is 6.07 Å². The average molecular weight is 407 g/mol. The van der Waals surface area contributed by atoms with E-state index in [4.69, 9.17) is 21.6 Å². The van der Waals surface area contributed by atoms with Crippen LogP contribution in [0.5, 0.6) is 0 Å². The monoisotopic (exact) mass is 406 g/mol. The van der Waals surface area contributed by atoms with E-state index in [-0.39, 0.29) is 19.8 Å². The molecule has 0 radical (unpaired) electrons. The lowest BCUT2D eigenvalue weighted by molar-refractivity contribution is -0.170. The standard InChI is InChI=1S/C15H11ClF4N4OS/c1-24(26(22,25)11-4-9(6-21)7-23-8-11)14(15(18,19)20)10-2-3-12(16)13(17)5-10/h2-5,7-8,14,22H,1H3/t14-,26+/m1/s1. The van der Waals surface area contributed by atoms with Crippen molar-refractivity contribution in [2.75, 3.05) is 7.05 Å². The Balaban J connectivity index is 2.57. The number of halogens is 5.